The van der Waals surface area contributed by atoms with Gasteiger partial charge in [-0.1, -0.05) is 6.07 Å². The van der Waals surface area contributed by atoms with Gasteiger partial charge in [0.2, 0.25) is 0 Å². The van der Waals surface area contributed by atoms with E-state index in [1.54, 1.807) is 4.40 Å². The van der Waals surface area contributed by atoms with Crippen molar-refractivity contribution in [2.24, 2.45) is 0 Å². The Balaban J connectivity index is 1.54. The highest BCUT2D eigenvalue weighted by Gasteiger charge is 2.34. The van der Waals surface area contributed by atoms with Crippen LogP contribution in [-0.4, -0.2) is 38.9 Å². The minimum atomic E-state index is -4.62. The van der Waals surface area contributed by atoms with E-state index in [1.807, 2.05) is 0 Å². The van der Waals surface area contributed by atoms with E-state index >= 15 is 0 Å². The Bertz CT molecular complexity index is 1520. The first-order valence-corrected chi connectivity index (χ1v) is 10.0. The predicted octanol–water partition coefficient (Wildman–Crippen LogP) is 3.03. The number of aromatic nitrogens is 4. The number of imidazole rings is 1. The summed E-state index contributed by atoms with van der Waals surface area (Å²) in [6.07, 6.45) is -1.62. The van der Waals surface area contributed by atoms with Crippen LogP contribution in [0.5, 0.6) is 0 Å². The molecule has 1 aromatic carbocycles. The number of methoxy groups -OCH3 is 1. The maximum Gasteiger partial charge on any atom is 0.433 e. The van der Waals surface area contributed by atoms with Crippen LogP contribution < -0.4 is 11.1 Å². The summed E-state index contributed by atoms with van der Waals surface area (Å²) in [5.74, 6) is -0.441. The molecule has 1 aliphatic heterocycles. The molecule has 4 aromatic rings. The number of nitrogens with one attached hydrogen (secondary N) is 1. The molecule has 0 spiro atoms. The molecule has 4 heterocycles. The number of nitrogens with two attached hydrogens (primary N) is 1. The molecule has 0 saturated heterocycles. The summed E-state index contributed by atoms with van der Waals surface area (Å²) < 4.78 is 73.3. The lowest BCUT2D eigenvalue weighted by Gasteiger charge is -2.27. The van der Waals surface area contributed by atoms with Gasteiger partial charge in [0.25, 0.3) is 5.91 Å². The second-order valence-electron chi connectivity index (χ2n) is 7.70. The Morgan fingerprint density at radius 1 is 1.35 bits per heavy atom. The number of halogens is 3. The number of benzene rings is 1. The van der Waals surface area contributed by atoms with Crippen LogP contribution in [-0.2, 0) is 28.9 Å². The maximum atomic E-state index is 13.4. The number of carbonyl (C=O) groups excluding carboxylic acids is 1. The number of rotatable bonds is 4. The summed E-state index contributed by atoms with van der Waals surface area (Å²) in [6, 6.07) is 4.31. The second kappa shape index (κ2) is 8.22. The molecular formula is C22H19F3N6O3. The minimum absolute atomic E-state index is 0.00429. The largest absolute Gasteiger partial charge is 0.433 e. The highest BCUT2D eigenvalue weighted by molar-refractivity contribution is 6.00. The fourth-order valence-electron chi connectivity index (χ4n) is 4.00. The molecule has 0 aliphatic carbocycles. The third-order valence-electron chi connectivity index (χ3n) is 5.58. The Kier molecular flexibility index (Phi) is 4.51. The van der Waals surface area contributed by atoms with Crippen molar-refractivity contribution in [3.8, 4) is 0 Å². The fourth-order valence-corrected chi connectivity index (χ4v) is 4.00. The third kappa shape index (κ3) is 3.80. The highest BCUT2D eigenvalue weighted by atomic mass is 19.4. The van der Waals surface area contributed by atoms with Crippen molar-refractivity contribution in [1.82, 2.24) is 24.7 Å². The van der Waals surface area contributed by atoms with Gasteiger partial charge in [0.15, 0.2) is 0 Å². The summed E-state index contributed by atoms with van der Waals surface area (Å²) in [4.78, 5) is 25.5. The summed E-state index contributed by atoms with van der Waals surface area (Å²) in [6.45, 7) is -0.567. The molecule has 1 atom stereocenters. The van der Waals surface area contributed by atoms with Crippen LogP contribution in [0.3, 0.4) is 0 Å². The molecule has 0 radical (unpaired) electrons. The van der Waals surface area contributed by atoms with Gasteiger partial charge < -0.3 is 20.5 Å². The Morgan fingerprint density at radius 2 is 2.21 bits per heavy atom. The molecule has 0 saturated carbocycles. The van der Waals surface area contributed by atoms with Crippen LogP contribution in [0.1, 0.15) is 43.0 Å². The quantitative estimate of drug-likeness (QED) is 0.466. The molecule has 0 fully saturated rings. The van der Waals surface area contributed by atoms with Gasteiger partial charge in [0.1, 0.15) is 17.0 Å². The highest BCUT2D eigenvalue weighted by Crippen LogP contribution is 2.32. The van der Waals surface area contributed by atoms with Crippen molar-refractivity contribution in [1.29, 1.82) is 0 Å². The van der Waals surface area contributed by atoms with Crippen molar-refractivity contribution < 1.29 is 31.6 Å². The Morgan fingerprint density at radius 3 is 3.00 bits per heavy atom. The van der Waals surface area contributed by atoms with E-state index in [-0.39, 0.29) is 35.9 Å². The van der Waals surface area contributed by atoms with Crippen molar-refractivity contribution >= 4 is 28.3 Å². The lowest BCUT2D eigenvalue weighted by molar-refractivity contribution is -0.141. The van der Waals surface area contributed by atoms with Gasteiger partial charge in [-0.15, -0.1) is 0 Å². The maximum absolute atomic E-state index is 13.4. The first-order chi connectivity index (χ1) is 17.4. The molecule has 34 heavy (non-hydrogen) atoms. The molecule has 3 N–H and O–H groups in total. The number of fused-ring (bicyclic) bond motifs is 4. The van der Waals surface area contributed by atoms with E-state index in [4.69, 9.17) is 19.3 Å². The molecule has 176 valence electrons. The average Bonchev–Trinajstić information content (AvgIpc) is 3.32. The molecule has 1 amide bonds. The zero-order chi connectivity index (χ0) is 26.5. The summed E-state index contributed by atoms with van der Waals surface area (Å²) in [7, 11) is -2.72. The smallest absolute Gasteiger partial charge is 0.382 e. The number of nitrogen functional groups attached to an aromatic ring is 1. The molecule has 5 rings (SSSR count). The van der Waals surface area contributed by atoms with E-state index in [0.29, 0.717) is 22.1 Å². The number of ether oxygens (including phenoxy) is 2. The van der Waals surface area contributed by atoms with Crippen molar-refractivity contribution in [2.45, 2.75) is 25.4 Å². The lowest BCUT2D eigenvalue weighted by Crippen LogP contribution is -2.35. The van der Waals surface area contributed by atoms with Gasteiger partial charge in [0, 0.05) is 18.2 Å². The molecule has 9 nitrogen and oxygen atoms in total. The van der Waals surface area contributed by atoms with Crippen molar-refractivity contribution in [2.75, 3.05) is 19.4 Å². The van der Waals surface area contributed by atoms with Gasteiger partial charge in [-0.3, -0.25) is 9.20 Å². The zero-order valence-electron chi connectivity index (χ0n) is 20.4. The van der Waals surface area contributed by atoms with Crippen molar-refractivity contribution in [3.63, 3.8) is 0 Å². The van der Waals surface area contributed by atoms with Crippen LogP contribution in [0.4, 0.5) is 19.0 Å². The molecule has 0 bridgehead atoms. The number of hydrogen-bond acceptors (Lipinski definition) is 7. The third-order valence-corrected chi connectivity index (χ3v) is 5.58. The second-order valence-corrected chi connectivity index (χ2v) is 7.70. The van der Waals surface area contributed by atoms with Crippen molar-refractivity contribution in [3.05, 3.63) is 64.9 Å². The normalized spacial score (nSPS) is 17.7. The lowest BCUT2D eigenvalue weighted by atomic mass is 10.0. The minimum Gasteiger partial charge on any atom is -0.382 e. The topological polar surface area (TPSA) is 117 Å². The molecule has 3 aromatic heterocycles. The van der Waals surface area contributed by atoms with Gasteiger partial charge in [-0.25, -0.2) is 15.0 Å². The SMILES string of the molecule is [2H]C([2H])([2H])OCc1cc2nc(N)c3cncn3c2cc1C(=O)NC1COCc2nc(C(F)(F)F)ccc21. The van der Waals surface area contributed by atoms with E-state index in [0.717, 1.165) is 6.07 Å². The summed E-state index contributed by atoms with van der Waals surface area (Å²) in [5.41, 5.74) is 7.04. The molecule has 1 aliphatic rings. The number of anilines is 1. The standard InChI is InChI=1S/C22H19F3N6O3/c1-33-7-11-4-14-17(31-10-27-6-18(31)20(26)29-14)5-13(11)21(32)30-16-9-34-8-15-12(16)2-3-19(28-15)22(23,24)25/h2-6,10,16H,7-9H2,1H3,(H2,26,29)(H,30,32)/i1D3. The van der Waals surface area contributed by atoms with E-state index in [1.165, 1.54) is 30.7 Å². The van der Waals surface area contributed by atoms with E-state index in [2.05, 4.69) is 20.3 Å². The van der Waals surface area contributed by atoms with Gasteiger partial charge >= 0.3 is 6.18 Å². The zero-order valence-corrected chi connectivity index (χ0v) is 17.4. The predicted molar refractivity (Wildman–Crippen MR) is 115 cm³/mol. The van der Waals surface area contributed by atoms with E-state index < -0.39 is 37.5 Å². The Hall–Kier alpha value is -3.77. The fraction of sp³-hybridized carbons (Fsp3) is 0.273. The number of carbonyl (C=O) groups is 1. The first-order valence-electron chi connectivity index (χ1n) is 11.5. The number of alkyl halides is 3. The van der Waals surface area contributed by atoms with E-state index in [9.17, 15) is 18.0 Å². The van der Waals surface area contributed by atoms with Crippen LogP contribution in [0.15, 0.2) is 36.8 Å². The number of hydrogen-bond donors (Lipinski definition) is 2. The number of amides is 1. The molecule has 1 unspecified atom stereocenters. The first kappa shape index (κ1) is 18.6. The number of pyridine rings is 1. The summed E-state index contributed by atoms with van der Waals surface area (Å²) in [5, 5.41) is 2.75. The van der Waals surface area contributed by atoms with Gasteiger partial charge in [0.05, 0.1) is 59.2 Å². The summed E-state index contributed by atoms with van der Waals surface area (Å²) >= 11 is 0. The molecule has 12 heteroatoms. The van der Waals surface area contributed by atoms with Gasteiger partial charge in [-0.05, 0) is 23.8 Å². The van der Waals surface area contributed by atoms with Crippen LogP contribution in [0.25, 0.3) is 16.6 Å². The van der Waals surface area contributed by atoms with Crippen LogP contribution >= 0.6 is 0 Å². The monoisotopic (exact) mass is 475 g/mol. The molecular weight excluding hydrogens is 453 g/mol. The van der Waals surface area contributed by atoms with Gasteiger partial charge in [-0.2, -0.15) is 13.2 Å². The Labute approximate surface area is 194 Å². The van der Waals surface area contributed by atoms with Crippen LogP contribution in [0, 0.1) is 0 Å². The van der Waals surface area contributed by atoms with Crippen LogP contribution in [0.2, 0.25) is 0 Å². The average molecular weight is 475 g/mol. The number of nitrogens with zero attached hydrogens (tertiary/aromatic N) is 4.